The van der Waals surface area contributed by atoms with Crippen LogP contribution in [-0.4, -0.2) is 0 Å². The first-order valence-corrected chi connectivity index (χ1v) is 7.19. The van der Waals surface area contributed by atoms with Gasteiger partial charge in [0.15, 0.2) is 0 Å². The molecule has 0 aliphatic carbocycles. The number of alkyl halides is 1. The van der Waals surface area contributed by atoms with Gasteiger partial charge in [-0.15, -0.1) is 11.6 Å². The zero-order valence-electron chi connectivity index (χ0n) is 9.09. The van der Waals surface area contributed by atoms with Gasteiger partial charge in [-0.3, -0.25) is 0 Å². The van der Waals surface area contributed by atoms with E-state index in [1.165, 1.54) is 12.1 Å². The van der Waals surface area contributed by atoms with Gasteiger partial charge in [0.2, 0.25) is 0 Å². The third-order valence-corrected chi connectivity index (χ3v) is 3.48. The Morgan fingerprint density at radius 2 is 1.83 bits per heavy atom. The molecular formula is C13H8Br2ClFO. The highest BCUT2D eigenvalue weighted by atomic mass is 79.9. The number of ether oxygens (including phenoxy) is 1. The van der Waals surface area contributed by atoms with Gasteiger partial charge in [0.05, 0.1) is 5.88 Å². The zero-order chi connectivity index (χ0) is 13.1. The van der Waals surface area contributed by atoms with E-state index in [4.69, 9.17) is 16.3 Å². The molecule has 0 spiro atoms. The molecular weight excluding hydrogens is 386 g/mol. The van der Waals surface area contributed by atoms with Crippen LogP contribution < -0.4 is 4.74 Å². The van der Waals surface area contributed by atoms with Gasteiger partial charge in [0.1, 0.15) is 17.3 Å². The molecule has 0 fully saturated rings. The number of hydrogen-bond acceptors (Lipinski definition) is 1. The molecule has 0 bridgehead atoms. The molecule has 0 saturated heterocycles. The Morgan fingerprint density at radius 3 is 2.50 bits per heavy atom. The topological polar surface area (TPSA) is 9.23 Å². The summed E-state index contributed by atoms with van der Waals surface area (Å²) in [5.41, 5.74) is 0.847. The lowest BCUT2D eigenvalue weighted by Crippen LogP contribution is -1.90. The summed E-state index contributed by atoms with van der Waals surface area (Å²) in [6.07, 6.45) is 0. The Bertz CT molecular complexity index is 555. The lowest BCUT2D eigenvalue weighted by molar-refractivity contribution is 0.472. The van der Waals surface area contributed by atoms with Gasteiger partial charge < -0.3 is 4.74 Å². The van der Waals surface area contributed by atoms with Crippen molar-refractivity contribution in [3.8, 4) is 11.5 Å². The molecule has 0 aromatic heterocycles. The predicted molar refractivity (Wildman–Crippen MR) is 77.9 cm³/mol. The number of rotatable bonds is 3. The van der Waals surface area contributed by atoms with Crippen LogP contribution in [0.15, 0.2) is 45.3 Å². The van der Waals surface area contributed by atoms with Crippen molar-refractivity contribution in [3.63, 3.8) is 0 Å². The number of hydrogen-bond donors (Lipinski definition) is 0. The highest BCUT2D eigenvalue weighted by Gasteiger charge is 2.07. The van der Waals surface area contributed by atoms with E-state index in [1.807, 2.05) is 12.1 Å². The molecule has 0 N–H and O–H groups in total. The number of halogens is 4. The van der Waals surface area contributed by atoms with Crippen LogP contribution in [0, 0.1) is 5.82 Å². The Labute approximate surface area is 126 Å². The van der Waals surface area contributed by atoms with E-state index in [-0.39, 0.29) is 5.82 Å². The number of benzene rings is 2. The van der Waals surface area contributed by atoms with Crippen LogP contribution in [0.2, 0.25) is 0 Å². The van der Waals surface area contributed by atoms with Crippen molar-refractivity contribution in [3.05, 3.63) is 56.7 Å². The van der Waals surface area contributed by atoms with Crippen LogP contribution in [0.1, 0.15) is 5.56 Å². The SMILES string of the molecule is Fc1cc(Br)cc(Oc2cc(Br)ccc2CCl)c1. The third-order valence-electron chi connectivity index (χ3n) is 2.24. The molecule has 0 saturated carbocycles. The molecule has 18 heavy (non-hydrogen) atoms. The molecule has 2 aromatic rings. The van der Waals surface area contributed by atoms with Crippen LogP contribution >= 0.6 is 43.5 Å². The first kappa shape index (κ1) is 13.8. The fourth-order valence-corrected chi connectivity index (χ4v) is 2.45. The molecule has 2 rings (SSSR count). The van der Waals surface area contributed by atoms with Crippen LogP contribution in [0.3, 0.4) is 0 Å². The smallest absolute Gasteiger partial charge is 0.132 e. The van der Waals surface area contributed by atoms with Gasteiger partial charge in [0, 0.05) is 20.6 Å². The molecule has 0 aliphatic heterocycles. The van der Waals surface area contributed by atoms with Gasteiger partial charge in [-0.05, 0) is 24.3 Å². The summed E-state index contributed by atoms with van der Waals surface area (Å²) >= 11 is 12.4. The summed E-state index contributed by atoms with van der Waals surface area (Å²) in [4.78, 5) is 0. The summed E-state index contributed by atoms with van der Waals surface area (Å²) in [7, 11) is 0. The Balaban J connectivity index is 2.35. The van der Waals surface area contributed by atoms with E-state index < -0.39 is 0 Å². The van der Waals surface area contributed by atoms with Gasteiger partial charge in [-0.2, -0.15) is 0 Å². The van der Waals surface area contributed by atoms with Gasteiger partial charge in [0.25, 0.3) is 0 Å². The molecule has 0 radical (unpaired) electrons. The van der Waals surface area contributed by atoms with Gasteiger partial charge in [-0.1, -0.05) is 37.9 Å². The van der Waals surface area contributed by atoms with E-state index in [1.54, 1.807) is 12.1 Å². The lowest BCUT2D eigenvalue weighted by atomic mass is 10.2. The van der Waals surface area contributed by atoms with Crippen molar-refractivity contribution >= 4 is 43.5 Å². The van der Waals surface area contributed by atoms with E-state index >= 15 is 0 Å². The summed E-state index contributed by atoms with van der Waals surface area (Å²) in [6.45, 7) is 0. The minimum absolute atomic E-state index is 0.332. The Morgan fingerprint density at radius 1 is 1.06 bits per heavy atom. The molecule has 2 aromatic carbocycles. The first-order chi connectivity index (χ1) is 8.58. The van der Waals surface area contributed by atoms with E-state index in [0.29, 0.717) is 21.9 Å². The van der Waals surface area contributed by atoms with Gasteiger partial charge >= 0.3 is 0 Å². The van der Waals surface area contributed by atoms with E-state index in [9.17, 15) is 4.39 Å². The van der Waals surface area contributed by atoms with Crippen molar-refractivity contribution in [2.75, 3.05) is 0 Å². The highest BCUT2D eigenvalue weighted by Crippen LogP contribution is 2.31. The zero-order valence-corrected chi connectivity index (χ0v) is 13.0. The molecule has 0 atom stereocenters. The van der Waals surface area contributed by atoms with Crippen LogP contribution in [0.25, 0.3) is 0 Å². The van der Waals surface area contributed by atoms with Crippen molar-refractivity contribution in [1.29, 1.82) is 0 Å². The molecule has 94 valence electrons. The van der Waals surface area contributed by atoms with Crippen molar-refractivity contribution < 1.29 is 9.13 Å². The second-order valence-electron chi connectivity index (χ2n) is 3.59. The lowest BCUT2D eigenvalue weighted by Gasteiger charge is -2.10. The monoisotopic (exact) mass is 392 g/mol. The minimum atomic E-state index is -0.359. The molecule has 0 amide bonds. The summed E-state index contributed by atoms with van der Waals surface area (Å²) < 4.78 is 20.4. The highest BCUT2D eigenvalue weighted by molar-refractivity contribution is 9.10. The van der Waals surface area contributed by atoms with Crippen LogP contribution in [0.4, 0.5) is 4.39 Å². The van der Waals surface area contributed by atoms with Crippen molar-refractivity contribution in [2.45, 2.75) is 5.88 Å². The van der Waals surface area contributed by atoms with Crippen molar-refractivity contribution in [1.82, 2.24) is 0 Å². The summed E-state index contributed by atoms with van der Waals surface area (Å²) in [5, 5.41) is 0. The first-order valence-electron chi connectivity index (χ1n) is 5.07. The van der Waals surface area contributed by atoms with Gasteiger partial charge in [-0.25, -0.2) is 4.39 Å². The van der Waals surface area contributed by atoms with Crippen molar-refractivity contribution in [2.24, 2.45) is 0 Å². The Kier molecular flexibility index (Phi) is 4.65. The molecule has 0 aliphatic rings. The molecule has 0 heterocycles. The maximum atomic E-state index is 13.2. The van der Waals surface area contributed by atoms with E-state index in [0.717, 1.165) is 10.0 Å². The molecule has 1 nitrogen and oxygen atoms in total. The second kappa shape index (κ2) is 6.04. The molecule has 5 heteroatoms. The molecule has 0 unspecified atom stereocenters. The van der Waals surface area contributed by atoms with E-state index in [2.05, 4.69) is 31.9 Å². The summed E-state index contributed by atoms with van der Waals surface area (Å²) in [5.74, 6) is 1.00. The normalized spacial score (nSPS) is 10.4. The maximum absolute atomic E-state index is 13.2. The fraction of sp³-hybridized carbons (Fsp3) is 0.0769. The van der Waals surface area contributed by atoms with Crippen LogP contribution in [-0.2, 0) is 5.88 Å². The Hall–Kier alpha value is -0.580. The van der Waals surface area contributed by atoms with Crippen LogP contribution in [0.5, 0.6) is 11.5 Å². The fourth-order valence-electron chi connectivity index (χ4n) is 1.45. The minimum Gasteiger partial charge on any atom is -0.457 e. The maximum Gasteiger partial charge on any atom is 0.132 e. The standard InChI is InChI=1S/C13H8Br2ClFO/c14-9-2-1-8(7-16)13(5-9)18-12-4-10(15)3-11(17)6-12/h1-6H,7H2. The quantitative estimate of drug-likeness (QED) is 0.591. The summed E-state index contributed by atoms with van der Waals surface area (Å²) in [6, 6.07) is 9.94. The average Bonchev–Trinajstić information content (AvgIpc) is 2.27. The average molecular weight is 394 g/mol. The predicted octanol–water partition coefficient (Wildman–Crippen LogP) is 5.88. The third kappa shape index (κ3) is 3.46. The largest absolute Gasteiger partial charge is 0.457 e. The second-order valence-corrected chi connectivity index (χ2v) is 5.69.